The van der Waals surface area contributed by atoms with Crippen molar-refractivity contribution in [3.05, 3.63) is 35.4 Å². The van der Waals surface area contributed by atoms with Crippen LogP contribution in [0.15, 0.2) is 24.3 Å². The first kappa shape index (κ1) is 18.2. The third kappa shape index (κ3) is 4.55. The summed E-state index contributed by atoms with van der Waals surface area (Å²) >= 11 is 0. The summed E-state index contributed by atoms with van der Waals surface area (Å²) in [6, 6.07) is 9.49. The second-order valence-corrected chi connectivity index (χ2v) is 6.94. The lowest BCUT2D eigenvalue weighted by atomic mass is 9.82. The van der Waals surface area contributed by atoms with E-state index < -0.39 is 0 Å². The second kappa shape index (κ2) is 7.95. The molecule has 1 rings (SSSR count). The molecule has 0 spiro atoms. The summed E-state index contributed by atoms with van der Waals surface area (Å²) in [5.41, 5.74) is 2.97. The molecule has 0 saturated heterocycles. The van der Waals surface area contributed by atoms with Gasteiger partial charge in [0.1, 0.15) is 0 Å². The van der Waals surface area contributed by atoms with E-state index in [1.54, 1.807) is 0 Å². The topological polar surface area (TPSA) is 15.3 Å². The van der Waals surface area contributed by atoms with Crippen molar-refractivity contribution in [1.82, 2.24) is 10.2 Å². The van der Waals surface area contributed by atoms with Gasteiger partial charge in [-0.25, -0.2) is 0 Å². The van der Waals surface area contributed by atoms with E-state index in [0.29, 0.717) is 12.0 Å². The molecular weight excluding hydrogens is 256 g/mol. The standard InChI is InChI=1S/C19H34N2/c1-8-19(5,21(6)7)18(20-9-2)17-12-10-11-16(14-17)13-15(3)4/h10-12,14-15,18,20H,8-9,13H2,1-7H3. The lowest BCUT2D eigenvalue weighted by molar-refractivity contribution is 0.113. The van der Waals surface area contributed by atoms with E-state index in [2.05, 4.69) is 83.2 Å². The van der Waals surface area contributed by atoms with Gasteiger partial charge in [0, 0.05) is 5.54 Å². The van der Waals surface area contributed by atoms with Gasteiger partial charge in [-0.15, -0.1) is 0 Å². The van der Waals surface area contributed by atoms with Gasteiger partial charge in [0.25, 0.3) is 0 Å². The van der Waals surface area contributed by atoms with Crippen LogP contribution in [0.3, 0.4) is 0 Å². The first-order chi connectivity index (χ1) is 9.85. The third-order valence-corrected chi connectivity index (χ3v) is 4.70. The van der Waals surface area contributed by atoms with Gasteiger partial charge in [-0.2, -0.15) is 0 Å². The van der Waals surface area contributed by atoms with Crippen molar-refractivity contribution in [1.29, 1.82) is 0 Å². The average molecular weight is 290 g/mol. The van der Waals surface area contributed by atoms with Gasteiger partial charge in [-0.05, 0) is 57.5 Å². The van der Waals surface area contributed by atoms with E-state index in [-0.39, 0.29) is 5.54 Å². The van der Waals surface area contributed by atoms with E-state index in [0.717, 1.165) is 19.4 Å². The number of likely N-dealkylation sites (N-methyl/N-ethyl adjacent to an activating group) is 2. The summed E-state index contributed by atoms with van der Waals surface area (Å²) in [7, 11) is 4.37. The van der Waals surface area contributed by atoms with E-state index in [9.17, 15) is 0 Å². The van der Waals surface area contributed by atoms with Gasteiger partial charge in [-0.1, -0.05) is 52.0 Å². The van der Waals surface area contributed by atoms with Crippen LogP contribution < -0.4 is 5.32 Å². The fourth-order valence-electron chi connectivity index (χ4n) is 3.05. The highest BCUT2D eigenvalue weighted by atomic mass is 15.2. The van der Waals surface area contributed by atoms with Crippen LogP contribution >= 0.6 is 0 Å². The average Bonchev–Trinajstić information content (AvgIpc) is 2.43. The van der Waals surface area contributed by atoms with Crippen molar-refractivity contribution in [3.8, 4) is 0 Å². The van der Waals surface area contributed by atoms with Gasteiger partial charge in [0.15, 0.2) is 0 Å². The number of hydrogen-bond acceptors (Lipinski definition) is 2. The van der Waals surface area contributed by atoms with Gasteiger partial charge >= 0.3 is 0 Å². The zero-order valence-corrected chi connectivity index (χ0v) is 15.0. The van der Waals surface area contributed by atoms with Crippen LogP contribution in [0.25, 0.3) is 0 Å². The van der Waals surface area contributed by atoms with Crippen LogP contribution in [-0.2, 0) is 6.42 Å². The molecule has 0 aliphatic rings. The number of hydrogen-bond donors (Lipinski definition) is 1. The monoisotopic (exact) mass is 290 g/mol. The normalized spacial score (nSPS) is 16.2. The fraction of sp³-hybridized carbons (Fsp3) is 0.684. The number of nitrogens with zero attached hydrogens (tertiary/aromatic N) is 1. The summed E-state index contributed by atoms with van der Waals surface area (Å²) in [4.78, 5) is 2.36. The molecule has 0 saturated carbocycles. The summed E-state index contributed by atoms with van der Waals surface area (Å²) in [6.07, 6.45) is 2.27. The molecule has 1 aromatic carbocycles. The Hall–Kier alpha value is -0.860. The van der Waals surface area contributed by atoms with Crippen LogP contribution in [-0.4, -0.2) is 31.1 Å². The molecule has 0 radical (unpaired) electrons. The maximum atomic E-state index is 3.71. The highest BCUT2D eigenvalue weighted by molar-refractivity contribution is 5.29. The van der Waals surface area contributed by atoms with Crippen LogP contribution in [0.2, 0.25) is 0 Å². The van der Waals surface area contributed by atoms with E-state index >= 15 is 0 Å². The molecule has 0 heterocycles. The van der Waals surface area contributed by atoms with Crippen molar-refractivity contribution >= 4 is 0 Å². The SMILES string of the molecule is CCNC(c1cccc(CC(C)C)c1)C(C)(CC)N(C)C. The zero-order valence-electron chi connectivity index (χ0n) is 15.0. The van der Waals surface area contributed by atoms with Crippen molar-refractivity contribution < 1.29 is 0 Å². The minimum atomic E-state index is 0.118. The molecule has 0 aliphatic heterocycles. The van der Waals surface area contributed by atoms with Crippen LogP contribution in [0, 0.1) is 5.92 Å². The predicted molar refractivity (Wildman–Crippen MR) is 93.8 cm³/mol. The minimum absolute atomic E-state index is 0.118. The molecule has 1 N–H and O–H groups in total. The van der Waals surface area contributed by atoms with Crippen molar-refractivity contribution in [2.24, 2.45) is 5.92 Å². The van der Waals surface area contributed by atoms with Crippen molar-refractivity contribution in [3.63, 3.8) is 0 Å². The van der Waals surface area contributed by atoms with Gasteiger partial charge < -0.3 is 10.2 Å². The molecule has 0 amide bonds. The summed E-state index contributed by atoms with van der Waals surface area (Å²) in [5.74, 6) is 0.698. The molecule has 0 bridgehead atoms. The molecule has 21 heavy (non-hydrogen) atoms. The summed E-state index contributed by atoms with van der Waals surface area (Å²) in [5, 5.41) is 3.71. The third-order valence-electron chi connectivity index (χ3n) is 4.70. The quantitative estimate of drug-likeness (QED) is 0.769. The Morgan fingerprint density at radius 1 is 1.19 bits per heavy atom. The molecule has 2 unspecified atom stereocenters. The van der Waals surface area contributed by atoms with Gasteiger partial charge in [0.2, 0.25) is 0 Å². The van der Waals surface area contributed by atoms with Crippen LogP contribution in [0.5, 0.6) is 0 Å². The number of nitrogens with one attached hydrogen (secondary N) is 1. The Labute approximate surface area is 131 Å². The molecule has 0 fully saturated rings. The first-order valence-electron chi connectivity index (χ1n) is 8.34. The maximum absolute atomic E-state index is 3.71. The predicted octanol–water partition coefficient (Wildman–Crippen LogP) is 4.27. The van der Waals surface area contributed by atoms with Gasteiger partial charge in [-0.3, -0.25) is 0 Å². The Morgan fingerprint density at radius 2 is 1.86 bits per heavy atom. The lowest BCUT2D eigenvalue weighted by Gasteiger charge is -2.43. The molecular formula is C19H34N2. The second-order valence-electron chi connectivity index (χ2n) is 6.94. The molecule has 0 aromatic heterocycles. The molecule has 120 valence electrons. The summed E-state index contributed by atoms with van der Waals surface area (Å²) < 4.78 is 0. The molecule has 2 heteroatoms. The smallest absolute Gasteiger partial charge is 0.0504 e. The van der Waals surface area contributed by atoms with E-state index in [4.69, 9.17) is 0 Å². The molecule has 2 nitrogen and oxygen atoms in total. The highest BCUT2D eigenvalue weighted by Crippen LogP contribution is 2.33. The lowest BCUT2D eigenvalue weighted by Crippen LogP contribution is -2.51. The van der Waals surface area contributed by atoms with E-state index in [1.807, 2.05) is 0 Å². The van der Waals surface area contributed by atoms with Crippen molar-refractivity contribution in [2.45, 2.75) is 59.0 Å². The number of rotatable bonds is 8. The Balaban J connectivity index is 3.16. The van der Waals surface area contributed by atoms with Crippen LogP contribution in [0.4, 0.5) is 0 Å². The Morgan fingerprint density at radius 3 is 2.33 bits per heavy atom. The Bertz CT molecular complexity index is 425. The maximum Gasteiger partial charge on any atom is 0.0504 e. The molecule has 1 aromatic rings. The summed E-state index contributed by atoms with van der Waals surface area (Å²) in [6.45, 7) is 12.4. The minimum Gasteiger partial charge on any atom is -0.309 e. The first-order valence-corrected chi connectivity index (χ1v) is 8.34. The van der Waals surface area contributed by atoms with Crippen LogP contribution in [0.1, 0.15) is 58.2 Å². The molecule has 2 atom stereocenters. The van der Waals surface area contributed by atoms with Crippen molar-refractivity contribution in [2.75, 3.05) is 20.6 Å². The molecule has 0 aliphatic carbocycles. The van der Waals surface area contributed by atoms with E-state index in [1.165, 1.54) is 11.1 Å². The Kier molecular flexibility index (Phi) is 6.89. The largest absolute Gasteiger partial charge is 0.309 e. The highest BCUT2D eigenvalue weighted by Gasteiger charge is 2.35. The fourth-order valence-corrected chi connectivity index (χ4v) is 3.05. The number of benzene rings is 1. The van der Waals surface area contributed by atoms with Gasteiger partial charge in [0.05, 0.1) is 6.04 Å². The zero-order chi connectivity index (χ0) is 16.0.